The molecule has 4 aliphatic heterocycles. The standard InChI is InChI=1S/C30H39N3O4S/c1-3-4-8-17-31-18-12-16-30-24(27(36)33(19-9-10-21-34)25(30)28(31)37)23-26(35)32(22-13-6-5-7-14-22)20-11-15-29(23,2)38-30/h5-7,11-16,23-25,34H,3-4,8-10,17-21H2,1-2H3/t23-,24-,25?,29+,30-/m0/s1. The molecule has 5 atom stereocenters. The molecule has 3 amide bonds. The molecule has 1 spiro atoms. The van der Waals surface area contributed by atoms with E-state index in [1.54, 1.807) is 21.6 Å². The maximum Gasteiger partial charge on any atom is 0.247 e. The van der Waals surface area contributed by atoms with Crippen molar-refractivity contribution in [3.63, 3.8) is 0 Å². The Morgan fingerprint density at radius 1 is 0.895 bits per heavy atom. The monoisotopic (exact) mass is 537 g/mol. The second-order valence-electron chi connectivity index (χ2n) is 11.0. The average molecular weight is 538 g/mol. The van der Waals surface area contributed by atoms with E-state index in [1.165, 1.54) is 0 Å². The number of aliphatic hydroxyl groups excluding tert-OH is 1. The largest absolute Gasteiger partial charge is 0.396 e. The predicted octanol–water partition coefficient (Wildman–Crippen LogP) is 3.64. The molecule has 1 N–H and O–H groups in total. The highest BCUT2D eigenvalue weighted by Crippen LogP contribution is 2.65. The van der Waals surface area contributed by atoms with E-state index in [2.05, 4.69) is 26.0 Å². The number of nitrogens with zero attached hydrogens (tertiary/aromatic N) is 3. The van der Waals surface area contributed by atoms with Gasteiger partial charge in [-0.3, -0.25) is 14.4 Å². The third-order valence-corrected chi connectivity index (χ3v) is 10.3. The van der Waals surface area contributed by atoms with Crippen molar-refractivity contribution in [3.8, 4) is 0 Å². The summed E-state index contributed by atoms with van der Waals surface area (Å²) in [7, 11) is 0. The first kappa shape index (κ1) is 27.0. The number of likely N-dealkylation sites (tertiary alicyclic amines) is 1. The van der Waals surface area contributed by atoms with E-state index in [0.717, 1.165) is 24.9 Å². The van der Waals surface area contributed by atoms with E-state index in [4.69, 9.17) is 0 Å². The van der Waals surface area contributed by atoms with E-state index >= 15 is 0 Å². The lowest BCUT2D eigenvalue weighted by Gasteiger charge is -2.37. The molecule has 204 valence electrons. The third kappa shape index (κ3) is 4.39. The van der Waals surface area contributed by atoms with Gasteiger partial charge in [0.15, 0.2) is 0 Å². The molecule has 5 rings (SSSR count). The number of thioether (sulfide) groups is 1. The highest BCUT2D eigenvalue weighted by atomic mass is 32.2. The molecule has 8 heteroatoms. The molecular formula is C30H39N3O4S. The second kappa shape index (κ2) is 10.9. The fraction of sp³-hybridized carbons (Fsp3) is 0.567. The number of fused-ring (bicyclic) bond motifs is 2. The van der Waals surface area contributed by atoms with Gasteiger partial charge >= 0.3 is 0 Å². The number of carbonyl (C=O) groups excluding carboxylic acids is 3. The molecule has 7 nitrogen and oxygen atoms in total. The van der Waals surface area contributed by atoms with Crippen molar-refractivity contribution in [2.24, 2.45) is 11.8 Å². The van der Waals surface area contributed by atoms with Crippen LogP contribution in [0.3, 0.4) is 0 Å². The smallest absolute Gasteiger partial charge is 0.247 e. The minimum absolute atomic E-state index is 0.0187. The number of para-hydroxylation sites is 1. The van der Waals surface area contributed by atoms with Crippen LogP contribution in [0.15, 0.2) is 54.6 Å². The summed E-state index contributed by atoms with van der Waals surface area (Å²) < 4.78 is -1.43. The zero-order chi connectivity index (χ0) is 26.9. The maximum atomic E-state index is 14.3. The van der Waals surface area contributed by atoms with Gasteiger partial charge in [-0.2, -0.15) is 0 Å². The van der Waals surface area contributed by atoms with Crippen molar-refractivity contribution < 1.29 is 19.5 Å². The van der Waals surface area contributed by atoms with Gasteiger partial charge in [-0.15, -0.1) is 11.8 Å². The van der Waals surface area contributed by atoms with Gasteiger partial charge in [0.1, 0.15) is 6.04 Å². The topological polar surface area (TPSA) is 81.2 Å². The van der Waals surface area contributed by atoms with Crippen LogP contribution < -0.4 is 4.90 Å². The number of anilines is 1. The number of amides is 3. The number of aliphatic hydroxyl groups is 1. The van der Waals surface area contributed by atoms with Crippen LogP contribution in [0.5, 0.6) is 0 Å². The van der Waals surface area contributed by atoms with Gasteiger partial charge in [-0.25, -0.2) is 0 Å². The van der Waals surface area contributed by atoms with E-state index in [1.807, 2.05) is 47.4 Å². The maximum absolute atomic E-state index is 14.3. The molecule has 0 aliphatic carbocycles. The normalized spacial score (nSPS) is 32.3. The summed E-state index contributed by atoms with van der Waals surface area (Å²) in [4.78, 5) is 48.3. The lowest BCUT2D eigenvalue weighted by Crippen LogP contribution is -2.53. The van der Waals surface area contributed by atoms with Crippen molar-refractivity contribution in [1.29, 1.82) is 0 Å². The van der Waals surface area contributed by atoms with Crippen molar-refractivity contribution >= 4 is 35.2 Å². The number of hydrogen-bond acceptors (Lipinski definition) is 5. The Morgan fingerprint density at radius 3 is 2.37 bits per heavy atom. The van der Waals surface area contributed by atoms with Gasteiger partial charge in [0.05, 0.1) is 16.6 Å². The van der Waals surface area contributed by atoms with Gasteiger partial charge in [-0.1, -0.05) is 62.3 Å². The van der Waals surface area contributed by atoms with Crippen LogP contribution in [0.25, 0.3) is 0 Å². The first-order chi connectivity index (χ1) is 18.4. The van der Waals surface area contributed by atoms with E-state index < -0.39 is 27.4 Å². The van der Waals surface area contributed by atoms with Crippen molar-refractivity contribution in [3.05, 3.63) is 54.6 Å². The number of rotatable bonds is 9. The third-order valence-electron chi connectivity index (χ3n) is 8.55. The van der Waals surface area contributed by atoms with Gasteiger partial charge in [0.25, 0.3) is 0 Å². The second-order valence-corrected chi connectivity index (χ2v) is 12.8. The SMILES string of the molecule is CCCCCN1CC=C[C@]23S[C@]4(C)C=CCN(c5ccccc5)C(=O)[C@@H]4[C@H]2C(=O)N(CCCCO)C3C1=O. The molecule has 0 radical (unpaired) electrons. The predicted molar refractivity (Wildman–Crippen MR) is 151 cm³/mol. The van der Waals surface area contributed by atoms with Crippen LogP contribution in [-0.2, 0) is 14.4 Å². The van der Waals surface area contributed by atoms with Crippen LogP contribution in [0.4, 0.5) is 5.69 Å². The Labute approximate surface area is 229 Å². The Hall–Kier alpha value is -2.58. The number of unbranched alkanes of at least 4 members (excludes halogenated alkanes) is 3. The molecule has 4 heterocycles. The number of benzene rings is 1. The zero-order valence-electron chi connectivity index (χ0n) is 22.4. The molecule has 4 aliphatic rings. The Kier molecular flexibility index (Phi) is 7.74. The van der Waals surface area contributed by atoms with Crippen LogP contribution in [0.2, 0.25) is 0 Å². The first-order valence-electron chi connectivity index (χ1n) is 14.0. The number of carbonyl (C=O) groups is 3. The summed E-state index contributed by atoms with van der Waals surface area (Å²) in [5, 5.41) is 9.40. The highest BCUT2D eigenvalue weighted by molar-refractivity contribution is 8.02. The quantitative estimate of drug-likeness (QED) is 0.384. The Bertz CT molecular complexity index is 1120. The average Bonchev–Trinajstić information content (AvgIpc) is 3.17. The van der Waals surface area contributed by atoms with Crippen LogP contribution in [0, 0.1) is 11.8 Å². The lowest BCUT2D eigenvalue weighted by molar-refractivity contribution is -0.142. The van der Waals surface area contributed by atoms with Crippen LogP contribution in [0.1, 0.15) is 46.0 Å². The molecule has 1 aromatic carbocycles. The van der Waals surface area contributed by atoms with Crippen LogP contribution >= 0.6 is 11.8 Å². The molecule has 0 saturated carbocycles. The van der Waals surface area contributed by atoms with E-state index in [-0.39, 0.29) is 24.3 Å². The minimum Gasteiger partial charge on any atom is -0.396 e. The Balaban J connectivity index is 1.56. The molecule has 1 aromatic rings. The summed E-state index contributed by atoms with van der Waals surface area (Å²) in [6.07, 6.45) is 12.5. The molecular weight excluding hydrogens is 498 g/mol. The minimum atomic E-state index is -0.813. The molecule has 0 aromatic heterocycles. The molecule has 2 saturated heterocycles. The number of hydrogen-bond donors (Lipinski definition) is 1. The summed E-state index contributed by atoms with van der Waals surface area (Å²) in [5.74, 6) is -1.41. The molecule has 0 bridgehead atoms. The summed E-state index contributed by atoms with van der Waals surface area (Å²) in [5.41, 5.74) is 0.814. The van der Waals surface area contributed by atoms with Crippen LogP contribution in [-0.4, -0.2) is 80.9 Å². The van der Waals surface area contributed by atoms with Gasteiger partial charge < -0.3 is 19.8 Å². The summed E-state index contributed by atoms with van der Waals surface area (Å²) in [6, 6.07) is 8.96. The highest BCUT2D eigenvalue weighted by Gasteiger charge is 2.73. The Morgan fingerprint density at radius 2 is 1.63 bits per heavy atom. The fourth-order valence-corrected chi connectivity index (χ4v) is 8.95. The van der Waals surface area contributed by atoms with Crippen molar-refractivity contribution in [2.75, 3.05) is 37.7 Å². The molecule has 38 heavy (non-hydrogen) atoms. The lowest BCUT2D eigenvalue weighted by atomic mass is 9.74. The van der Waals surface area contributed by atoms with E-state index in [0.29, 0.717) is 39.0 Å². The fourth-order valence-electron chi connectivity index (χ4n) is 6.80. The van der Waals surface area contributed by atoms with Crippen molar-refractivity contribution in [2.45, 2.75) is 61.5 Å². The van der Waals surface area contributed by atoms with Gasteiger partial charge in [-0.05, 0) is 38.3 Å². The first-order valence-corrected chi connectivity index (χ1v) is 14.8. The van der Waals surface area contributed by atoms with Gasteiger partial charge in [0.2, 0.25) is 17.7 Å². The summed E-state index contributed by atoms with van der Waals surface area (Å²) >= 11 is 1.63. The van der Waals surface area contributed by atoms with Gasteiger partial charge in [0, 0.05) is 43.2 Å². The zero-order valence-corrected chi connectivity index (χ0v) is 23.2. The van der Waals surface area contributed by atoms with E-state index in [9.17, 15) is 19.5 Å². The van der Waals surface area contributed by atoms with Crippen molar-refractivity contribution in [1.82, 2.24) is 9.80 Å². The molecule has 2 fully saturated rings. The summed E-state index contributed by atoms with van der Waals surface area (Å²) in [6.45, 7) is 6.29. The molecule has 1 unspecified atom stereocenters.